The van der Waals surface area contributed by atoms with Crippen molar-refractivity contribution >= 4 is 15.9 Å². The van der Waals surface area contributed by atoms with Crippen LogP contribution in [-0.2, 0) is 6.61 Å². The summed E-state index contributed by atoms with van der Waals surface area (Å²) in [6.45, 7) is 3.77. The molecule has 0 unspecified atom stereocenters. The summed E-state index contributed by atoms with van der Waals surface area (Å²) in [7, 11) is 0. The van der Waals surface area contributed by atoms with Gasteiger partial charge < -0.3 is 5.11 Å². The Morgan fingerprint density at radius 1 is 1.31 bits per heavy atom. The molecule has 2 rings (SSSR count). The SMILES string of the molecule is Cc1nn(-c2ccc(CO)nn2)c(C)c1Br. The molecule has 16 heavy (non-hydrogen) atoms. The number of aromatic nitrogens is 4. The maximum Gasteiger partial charge on any atom is 0.175 e. The largest absolute Gasteiger partial charge is 0.390 e. The van der Waals surface area contributed by atoms with Crippen LogP contribution in [0.25, 0.3) is 5.82 Å². The number of aliphatic hydroxyl groups excluding tert-OH is 1. The molecule has 0 saturated carbocycles. The van der Waals surface area contributed by atoms with Gasteiger partial charge in [-0.1, -0.05) is 0 Å². The fourth-order valence-corrected chi connectivity index (χ4v) is 1.64. The highest BCUT2D eigenvalue weighted by atomic mass is 79.9. The third-order valence-electron chi connectivity index (χ3n) is 2.29. The van der Waals surface area contributed by atoms with E-state index in [1.807, 2.05) is 13.8 Å². The zero-order valence-corrected chi connectivity index (χ0v) is 10.6. The lowest BCUT2D eigenvalue weighted by atomic mass is 10.4. The van der Waals surface area contributed by atoms with Crippen LogP contribution in [-0.4, -0.2) is 25.1 Å². The lowest BCUT2D eigenvalue weighted by molar-refractivity contribution is 0.275. The first-order chi connectivity index (χ1) is 7.63. The summed E-state index contributed by atoms with van der Waals surface area (Å²) in [4.78, 5) is 0. The lowest BCUT2D eigenvalue weighted by Gasteiger charge is -2.02. The molecule has 0 bridgehead atoms. The predicted molar refractivity (Wildman–Crippen MR) is 62.3 cm³/mol. The highest BCUT2D eigenvalue weighted by Gasteiger charge is 2.11. The molecule has 0 radical (unpaired) electrons. The van der Waals surface area contributed by atoms with E-state index in [0.29, 0.717) is 11.5 Å². The predicted octanol–water partition coefficient (Wildman–Crippen LogP) is 1.53. The van der Waals surface area contributed by atoms with E-state index in [0.717, 1.165) is 15.9 Å². The minimum atomic E-state index is -0.103. The molecule has 0 aromatic carbocycles. The quantitative estimate of drug-likeness (QED) is 0.908. The molecule has 0 saturated heterocycles. The summed E-state index contributed by atoms with van der Waals surface area (Å²) in [6, 6.07) is 3.51. The number of hydrogen-bond acceptors (Lipinski definition) is 4. The average molecular weight is 283 g/mol. The first kappa shape index (κ1) is 11.2. The Kier molecular flexibility index (Phi) is 3.02. The van der Waals surface area contributed by atoms with Gasteiger partial charge in [-0.05, 0) is 41.9 Å². The molecule has 0 amide bonds. The zero-order chi connectivity index (χ0) is 11.7. The summed E-state index contributed by atoms with van der Waals surface area (Å²) >= 11 is 3.45. The average Bonchev–Trinajstić information content (AvgIpc) is 2.57. The molecule has 1 N–H and O–H groups in total. The molecular weight excluding hydrogens is 272 g/mol. The van der Waals surface area contributed by atoms with Gasteiger partial charge in [0.2, 0.25) is 0 Å². The molecule has 84 valence electrons. The smallest absolute Gasteiger partial charge is 0.175 e. The van der Waals surface area contributed by atoms with Crippen LogP contribution in [0.3, 0.4) is 0 Å². The minimum absolute atomic E-state index is 0.103. The molecule has 0 aliphatic rings. The van der Waals surface area contributed by atoms with Gasteiger partial charge in [0, 0.05) is 0 Å². The standard InChI is InChI=1S/C10H11BrN4O/c1-6-10(11)7(2)15(14-6)9-4-3-8(5-16)12-13-9/h3-4,16H,5H2,1-2H3. The summed E-state index contributed by atoms with van der Waals surface area (Å²) in [5.74, 6) is 0.642. The van der Waals surface area contributed by atoms with Gasteiger partial charge in [0.25, 0.3) is 0 Å². The minimum Gasteiger partial charge on any atom is -0.390 e. The molecule has 0 aliphatic carbocycles. The van der Waals surface area contributed by atoms with Crippen LogP contribution in [0, 0.1) is 13.8 Å². The molecule has 5 nitrogen and oxygen atoms in total. The van der Waals surface area contributed by atoms with Gasteiger partial charge in [-0.15, -0.1) is 5.10 Å². The van der Waals surface area contributed by atoms with Crippen molar-refractivity contribution in [3.8, 4) is 5.82 Å². The van der Waals surface area contributed by atoms with Crippen molar-refractivity contribution in [2.45, 2.75) is 20.5 Å². The number of aliphatic hydroxyl groups is 1. The van der Waals surface area contributed by atoms with Crippen LogP contribution >= 0.6 is 15.9 Å². The molecule has 0 spiro atoms. The molecule has 0 fully saturated rings. The second-order valence-corrected chi connectivity index (χ2v) is 4.23. The molecule has 2 aromatic heterocycles. The molecule has 0 aliphatic heterocycles. The molecule has 0 atom stereocenters. The fourth-order valence-electron chi connectivity index (χ4n) is 1.40. The van der Waals surface area contributed by atoms with E-state index in [1.165, 1.54) is 0 Å². The first-order valence-electron chi connectivity index (χ1n) is 4.79. The van der Waals surface area contributed by atoms with Gasteiger partial charge in [-0.3, -0.25) is 0 Å². The maximum atomic E-state index is 8.87. The number of nitrogens with zero attached hydrogens (tertiary/aromatic N) is 4. The molecular formula is C10H11BrN4O. The normalized spacial score (nSPS) is 10.8. The Bertz CT molecular complexity index is 506. The number of halogens is 1. The van der Waals surface area contributed by atoms with E-state index in [-0.39, 0.29) is 6.61 Å². The number of hydrogen-bond donors (Lipinski definition) is 1. The van der Waals surface area contributed by atoms with Gasteiger partial charge >= 0.3 is 0 Å². The van der Waals surface area contributed by atoms with Crippen LogP contribution in [0.5, 0.6) is 0 Å². The fraction of sp³-hybridized carbons (Fsp3) is 0.300. The summed E-state index contributed by atoms with van der Waals surface area (Å²) in [6.07, 6.45) is 0. The van der Waals surface area contributed by atoms with Crippen molar-refractivity contribution in [1.29, 1.82) is 0 Å². The monoisotopic (exact) mass is 282 g/mol. The van der Waals surface area contributed by atoms with Gasteiger partial charge in [0.1, 0.15) is 0 Å². The van der Waals surface area contributed by atoms with Crippen LogP contribution in [0.2, 0.25) is 0 Å². The van der Waals surface area contributed by atoms with Crippen molar-refractivity contribution < 1.29 is 5.11 Å². The Balaban J connectivity index is 2.46. The van der Waals surface area contributed by atoms with E-state index in [4.69, 9.17) is 5.11 Å². The van der Waals surface area contributed by atoms with Crippen molar-refractivity contribution in [2.75, 3.05) is 0 Å². The zero-order valence-electron chi connectivity index (χ0n) is 8.98. The third kappa shape index (κ3) is 1.85. The Morgan fingerprint density at radius 3 is 2.50 bits per heavy atom. The summed E-state index contributed by atoms with van der Waals surface area (Å²) in [5.41, 5.74) is 2.43. The van der Waals surface area contributed by atoms with Crippen molar-refractivity contribution in [3.05, 3.63) is 33.7 Å². The summed E-state index contributed by atoms with van der Waals surface area (Å²) < 4.78 is 2.69. The van der Waals surface area contributed by atoms with Gasteiger partial charge in [-0.25, -0.2) is 4.68 Å². The van der Waals surface area contributed by atoms with E-state index in [1.54, 1.807) is 16.8 Å². The Hall–Kier alpha value is -1.27. The second-order valence-electron chi connectivity index (χ2n) is 3.44. The van der Waals surface area contributed by atoms with E-state index >= 15 is 0 Å². The summed E-state index contributed by atoms with van der Waals surface area (Å²) in [5, 5.41) is 21.1. The number of aryl methyl sites for hydroxylation is 1. The van der Waals surface area contributed by atoms with Crippen LogP contribution in [0.4, 0.5) is 0 Å². The van der Waals surface area contributed by atoms with Gasteiger partial charge in [0.15, 0.2) is 5.82 Å². The van der Waals surface area contributed by atoms with Crippen LogP contribution in [0.15, 0.2) is 16.6 Å². The molecule has 6 heteroatoms. The van der Waals surface area contributed by atoms with Crippen molar-refractivity contribution in [1.82, 2.24) is 20.0 Å². The van der Waals surface area contributed by atoms with Crippen molar-refractivity contribution in [3.63, 3.8) is 0 Å². The van der Waals surface area contributed by atoms with E-state index in [9.17, 15) is 0 Å². The number of rotatable bonds is 2. The Morgan fingerprint density at radius 2 is 2.06 bits per heavy atom. The van der Waals surface area contributed by atoms with Gasteiger partial charge in [-0.2, -0.15) is 10.2 Å². The maximum absolute atomic E-state index is 8.87. The van der Waals surface area contributed by atoms with Gasteiger partial charge in [0.05, 0.1) is 28.2 Å². The highest BCUT2D eigenvalue weighted by molar-refractivity contribution is 9.10. The first-order valence-corrected chi connectivity index (χ1v) is 5.58. The van der Waals surface area contributed by atoms with E-state index < -0.39 is 0 Å². The molecule has 2 heterocycles. The van der Waals surface area contributed by atoms with Crippen LogP contribution in [0.1, 0.15) is 17.1 Å². The van der Waals surface area contributed by atoms with E-state index in [2.05, 4.69) is 31.2 Å². The third-order valence-corrected chi connectivity index (χ3v) is 3.44. The Labute approximate surface area is 101 Å². The highest BCUT2D eigenvalue weighted by Crippen LogP contribution is 2.21. The topological polar surface area (TPSA) is 63.8 Å². The van der Waals surface area contributed by atoms with Crippen LogP contribution < -0.4 is 0 Å². The van der Waals surface area contributed by atoms with Crippen molar-refractivity contribution in [2.24, 2.45) is 0 Å². The molecule has 2 aromatic rings. The second kappa shape index (κ2) is 4.31. The lowest BCUT2D eigenvalue weighted by Crippen LogP contribution is -2.04.